The zero-order valence-electron chi connectivity index (χ0n) is 13.1. The third-order valence-corrected chi connectivity index (χ3v) is 5.47. The van der Waals surface area contributed by atoms with Crippen LogP contribution in [0.1, 0.15) is 58.8 Å². The normalized spacial score (nSPS) is 31.7. The first kappa shape index (κ1) is 16.3. The van der Waals surface area contributed by atoms with Crippen LogP contribution >= 0.6 is 0 Å². The summed E-state index contributed by atoms with van der Waals surface area (Å²) in [4.78, 5) is 22.6. The van der Waals surface area contributed by atoms with Gasteiger partial charge in [0.05, 0.1) is 12.5 Å². The van der Waals surface area contributed by atoms with Crippen LogP contribution in [0.2, 0.25) is 0 Å². The third kappa shape index (κ3) is 4.19. The second-order valence-electron chi connectivity index (χ2n) is 7.21. The maximum Gasteiger partial charge on any atom is 0.305 e. The predicted octanol–water partition coefficient (Wildman–Crippen LogP) is 1.90. The third-order valence-electron chi connectivity index (χ3n) is 5.47. The maximum atomic E-state index is 12.0. The summed E-state index contributed by atoms with van der Waals surface area (Å²) in [5.41, 5.74) is 5.52. The van der Waals surface area contributed by atoms with Crippen LogP contribution in [-0.4, -0.2) is 28.6 Å². The molecular weight excluding hydrogens is 268 g/mol. The van der Waals surface area contributed by atoms with Crippen molar-refractivity contribution in [3.63, 3.8) is 0 Å². The number of hydrogen-bond acceptors (Lipinski definition) is 3. The molecule has 5 nitrogen and oxygen atoms in total. The van der Waals surface area contributed by atoms with Gasteiger partial charge in [-0.1, -0.05) is 26.7 Å². The number of aliphatic carboxylic acids is 1. The minimum absolute atomic E-state index is 0.102. The minimum Gasteiger partial charge on any atom is -0.481 e. The lowest BCUT2D eigenvalue weighted by atomic mass is 9.85. The molecule has 4 N–H and O–H groups in total. The van der Waals surface area contributed by atoms with Gasteiger partial charge < -0.3 is 16.2 Å². The molecule has 0 aromatic rings. The minimum atomic E-state index is -1.03. The largest absolute Gasteiger partial charge is 0.481 e. The van der Waals surface area contributed by atoms with E-state index < -0.39 is 12.0 Å². The summed E-state index contributed by atoms with van der Waals surface area (Å²) in [5, 5.41) is 11.7. The first-order valence-electron chi connectivity index (χ1n) is 8.12. The van der Waals surface area contributed by atoms with Gasteiger partial charge in [0.1, 0.15) is 0 Å². The quantitative estimate of drug-likeness (QED) is 0.669. The van der Waals surface area contributed by atoms with E-state index in [-0.39, 0.29) is 17.9 Å². The zero-order chi connectivity index (χ0) is 15.6. The molecule has 5 heteroatoms. The number of carboxylic acid groups (broad SMARTS) is 1. The number of amides is 1. The Morgan fingerprint density at radius 3 is 2.33 bits per heavy atom. The molecule has 0 aromatic carbocycles. The Kier molecular flexibility index (Phi) is 4.91. The Morgan fingerprint density at radius 2 is 1.86 bits per heavy atom. The fourth-order valence-corrected chi connectivity index (χ4v) is 3.75. The van der Waals surface area contributed by atoms with E-state index in [2.05, 4.69) is 19.2 Å². The molecule has 0 aliphatic heterocycles. The second kappa shape index (κ2) is 6.34. The first-order valence-corrected chi connectivity index (χ1v) is 8.12. The fraction of sp³-hybridized carbons (Fsp3) is 0.875. The average Bonchev–Trinajstić information content (AvgIpc) is 3.08. The highest BCUT2D eigenvalue weighted by atomic mass is 16.4. The van der Waals surface area contributed by atoms with Crippen molar-refractivity contribution in [2.24, 2.45) is 23.5 Å². The highest BCUT2D eigenvalue weighted by Crippen LogP contribution is 2.45. The molecule has 0 bridgehead atoms. The number of carbonyl (C=O) groups excluding carboxylic acids is 1. The maximum absolute atomic E-state index is 12.0. The summed E-state index contributed by atoms with van der Waals surface area (Å²) >= 11 is 0. The van der Waals surface area contributed by atoms with E-state index in [1.807, 2.05) is 0 Å². The number of carbonyl (C=O) groups is 2. The molecule has 2 unspecified atom stereocenters. The molecule has 2 aliphatic carbocycles. The molecule has 2 aliphatic rings. The van der Waals surface area contributed by atoms with Gasteiger partial charge in [0.15, 0.2) is 0 Å². The van der Waals surface area contributed by atoms with Gasteiger partial charge in [-0.15, -0.1) is 0 Å². The Bertz CT molecular complexity index is 396. The van der Waals surface area contributed by atoms with Crippen LogP contribution < -0.4 is 11.1 Å². The van der Waals surface area contributed by atoms with Crippen LogP contribution in [0.4, 0.5) is 0 Å². The molecule has 0 aromatic heterocycles. The highest BCUT2D eigenvalue weighted by Gasteiger charge is 2.45. The van der Waals surface area contributed by atoms with Crippen LogP contribution in [0.25, 0.3) is 0 Å². The smallest absolute Gasteiger partial charge is 0.305 e. The lowest BCUT2D eigenvalue weighted by Crippen LogP contribution is -2.47. The molecule has 120 valence electrons. The van der Waals surface area contributed by atoms with Crippen LogP contribution in [0.3, 0.4) is 0 Å². The molecule has 2 fully saturated rings. The Hall–Kier alpha value is -1.10. The van der Waals surface area contributed by atoms with E-state index in [0.717, 1.165) is 43.4 Å². The fourth-order valence-electron chi connectivity index (χ4n) is 3.75. The topological polar surface area (TPSA) is 92.4 Å². The van der Waals surface area contributed by atoms with Crippen molar-refractivity contribution in [3.8, 4) is 0 Å². The summed E-state index contributed by atoms with van der Waals surface area (Å²) in [5.74, 6) is 0.965. The van der Waals surface area contributed by atoms with Crippen LogP contribution in [0.15, 0.2) is 0 Å². The van der Waals surface area contributed by atoms with Gasteiger partial charge in [-0.3, -0.25) is 9.59 Å². The van der Waals surface area contributed by atoms with Crippen molar-refractivity contribution in [2.45, 2.75) is 70.4 Å². The number of carboxylic acids is 1. The van der Waals surface area contributed by atoms with Crippen molar-refractivity contribution >= 4 is 11.9 Å². The van der Waals surface area contributed by atoms with Crippen molar-refractivity contribution < 1.29 is 14.7 Å². The van der Waals surface area contributed by atoms with Gasteiger partial charge in [0.2, 0.25) is 5.91 Å². The van der Waals surface area contributed by atoms with Crippen molar-refractivity contribution in [3.05, 3.63) is 0 Å². The monoisotopic (exact) mass is 296 g/mol. The van der Waals surface area contributed by atoms with E-state index in [4.69, 9.17) is 10.8 Å². The second-order valence-corrected chi connectivity index (χ2v) is 7.21. The summed E-state index contributed by atoms with van der Waals surface area (Å²) < 4.78 is 0. The van der Waals surface area contributed by atoms with Gasteiger partial charge in [-0.05, 0) is 43.4 Å². The number of nitrogens with one attached hydrogen (secondary N) is 1. The van der Waals surface area contributed by atoms with Crippen LogP contribution in [0.5, 0.6) is 0 Å². The summed E-state index contributed by atoms with van der Waals surface area (Å²) in [6, 6.07) is -0.940. The Balaban J connectivity index is 1.80. The predicted molar refractivity (Wildman–Crippen MR) is 80.6 cm³/mol. The molecule has 0 radical (unpaired) electrons. The molecule has 0 heterocycles. The Morgan fingerprint density at radius 1 is 1.29 bits per heavy atom. The number of rotatable bonds is 7. The molecule has 1 amide bonds. The summed E-state index contributed by atoms with van der Waals surface area (Å²) in [7, 11) is 0. The molecule has 2 rings (SSSR count). The van der Waals surface area contributed by atoms with Gasteiger partial charge in [-0.25, -0.2) is 0 Å². The molecule has 0 saturated heterocycles. The van der Waals surface area contributed by atoms with E-state index in [9.17, 15) is 9.59 Å². The van der Waals surface area contributed by atoms with Gasteiger partial charge in [0, 0.05) is 5.54 Å². The highest BCUT2D eigenvalue weighted by molar-refractivity contribution is 5.86. The SMILES string of the molecule is CC1CCC(C)C1CCC1(NC(=O)[C@@H](N)CC(=O)O)CC1. The van der Waals surface area contributed by atoms with Gasteiger partial charge in [0.25, 0.3) is 0 Å². The van der Waals surface area contributed by atoms with Crippen LogP contribution in [-0.2, 0) is 9.59 Å². The lowest BCUT2D eigenvalue weighted by Gasteiger charge is -2.25. The van der Waals surface area contributed by atoms with Crippen LogP contribution in [0, 0.1) is 17.8 Å². The lowest BCUT2D eigenvalue weighted by molar-refractivity contribution is -0.139. The van der Waals surface area contributed by atoms with Crippen molar-refractivity contribution in [1.29, 1.82) is 0 Å². The standard InChI is InChI=1S/C16H28N2O3/c1-10-3-4-11(2)12(10)5-6-16(7-8-16)18-15(21)13(17)9-14(19)20/h10-13H,3-9,17H2,1-2H3,(H,18,21)(H,19,20)/t10?,11?,12?,13-/m0/s1. The zero-order valence-corrected chi connectivity index (χ0v) is 13.1. The molecule has 2 saturated carbocycles. The number of nitrogens with two attached hydrogens (primary N) is 1. The first-order chi connectivity index (χ1) is 9.83. The van der Waals surface area contributed by atoms with E-state index in [1.54, 1.807) is 0 Å². The Labute approximate surface area is 126 Å². The number of hydrogen-bond donors (Lipinski definition) is 3. The molecule has 0 spiro atoms. The summed E-state index contributed by atoms with van der Waals surface area (Å²) in [6.45, 7) is 4.66. The van der Waals surface area contributed by atoms with Crippen molar-refractivity contribution in [2.75, 3.05) is 0 Å². The molecule has 21 heavy (non-hydrogen) atoms. The van der Waals surface area contributed by atoms with E-state index in [0.29, 0.717) is 0 Å². The van der Waals surface area contributed by atoms with E-state index in [1.165, 1.54) is 12.8 Å². The average molecular weight is 296 g/mol. The van der Waals surface area contributed by atoms with Gasteiger partial charge in [-0.2, -0.15) is 0 Å². The molecule has 3 atom stereocenters. The summed E-state index contributed by atoms with van der Waals surface area (Å²) in [6.07, 6.45) is 6.46. The molecular formula is C16H28N2O3. The van der Waals surface area contributed by atoms with Crippen molar-refractivity contribution in [1.82, 2.24) is 5.32 Å². The van der Waals surface area contributed by atoms with E-state index >= 15 is 0 Å². The van der Waals surface area contributed by atoms with Gasteiger partial charge >= 0.3 is 5.97 Å².